The molecule has 1 saturated heterocycles. The molecule has 5 rings (SSSR count). The van der Waals surface area contributed by atoms with Gasteiger partial charge in [-0.15, -0.1) is 0 Å². The van der Waals surface area contributed by atoms with E-state index in [9.17, 15) is 14.7 Å². The van der Waals surface area contributed by atoms with Crippen molar-refractivity contribution < 1.29 is 9.90 Å². The van der Waals surface area contributed by atoms with Crippen LogP contribution in [0, 0.1) is 11.8 Å². The minimum absolute atomic E-state index is 0.0112. The third-order valence-corrected chi connectivity index (χ3v) is 7.39. The van der Waals surface area contributed by atoms with E-state index in [4.69, 9.17) is 0 Å². The number of aliphatic hydroxyl groups is 1. The molecule has 2 N–H and O–H groups in total. The Balaban J connectivity index is 1.48. The molecule has 6 heteroatoms. The first-order chi connectivity index (χ1) is 15.1. The molecule has 1 saturated carbocycles. The van der Waals surface area contributed by atoms with E-state index in [1.165, 1.54) is 0 Å². The van der Waals surface area contributed by atoms with E-state index in [2.05, 4.69) is 10.2 Å². The first-order valence-electron chi connectivity index (χ1n) is 11.2. The van der Waals surface area contributed by atoms with Gasteiger partial charge in [0, 0.05) is 42.4 Å². The summed E-state index contributed by atoms with van der Waals surface area (Å²) in [6.07, 6.45) is 7.01. The van der Waals surface area contributed by atoms with Crippen molar-refractivity contribution in [3.8, 4) is 0 Å². The molecular formula is C25H29N3O3. The zero-order valence-electron chi connectivity index (χ0n) is 17.8. The lowest BCUT2D eigenvalue weighted by atomic mass is 9.85. The van der Waals surface area contributed by atoms with Gasteiger partial charge in [0.15, 0.2) is 0 Å². The second-order valence-electron chi connectivity index (χ2n) is 9.06. The fourth-order valence-electron chi connectivity index (χ4n) is 5.44. The van der Waals surface area contributed by atoms with Crippen LogP contribution >= 0.6 is 0 Å². The number of nitrogens with one attached hydrogen (secondary N) is 1. The molecule has 2 aliphatic heterocycles. The molecule has 0 unspecified atom stereocenters. The van der Waals surface area contributed by atoms with Crippen molar-refractivity contribution >= 4 is 18.1 Å². The van der Waals surface area contributed by atoms with Crippen molar-refractivity contribution in [1.29, 1.82) is 0 Å². The molecular weight excluding hydrogens is 390 g/mol. The van der Waals surface area contributed by atoms with E-state index < -0.39 is 0 Å². The summed E-state index contributed by atoms with van der Waals surface area (Å²) in [5.41, 5.74) is 2.50. The predicted octanol–water partition coefficient (Wildman–Crippen LogP) is 2.28. The molecule has 0 spiro atoms. The third-order valence-electron chi connectivity index (χ3n) is 7.39. The summed E-state index contributed by atoms with van der Waals surface area (Å²) in [4.78, 5) is 28.7. The molecule has 3 heterocycles. The van der Waals surface area contributed by atoms with Gasteiger partial charge in [-0.25, -0.2) is 0 Å². The van der Waals surface area contributed by atoms with Crippen molar-refractivity contribution in [2.45, 2.75) is 43.9 Å². The van der Waals surface area contributed by atoms with Crippen LogP contribution in [0.4, 0.5) is 0 Å². The highest BCUT2D eigenvalue weighted by molar-refractivity contribution is 5.81. The van der Waals surface area contributed by atoms with Gasteiger partial charge in [0.05, 0.1) is 12.0 Å². The van der Waals surface area contributed by atoms with E-state index >= 15 is 0 Å². The Labute approximate surface area is 182 Å². The minimum Gasteiger partial charge on any atom is -0.396 e. The maximum Gasteiger partial charge on any atom is 0.258 e. The topological polar surface area (TPSA) is 74.6 Å². The highest BCUT2D eigenvalue weighted by atomic mass is 16.3. The predicted molar refractivity (Wildman–Crippen MR) is 120 cm³/mol. The fourth-order valence-corrected chi connectivity index (χ4v) is 5.44. The first kappa shape index (κ1) is 20.2. The number of aliphatic hydroxyl groups excluding tert-OH is 1. The number of carbonyl (C=O) groups excluding carboxylic acids is 1. The molecule has 0 radical (unpaired) electrons. The normalized spacial score (nSPS) is 27.8. The number of hydrogen-bond acceptors (Lipinski definition) is 4. The SMILES string of the molecule is CN1[C@@H]2c3ccc(/C=C/c4ccccc4)c(=O)n3C[C@H]1[C@H](CO)[C@H]2C(=O)NC1CCC1. The lowest BCUT2D eigenvalue weighted by Crippen LogP contribution is -2.46. The van der Waals surface area contributed by atoms with Crippen LogP contribution in [-0.4, -0.2) is 46.2 Å². The molecule has 2 aromatic rings. The van der Waals surface area contributed by atoms with Crippen LogP contribution < -0.4 is 10.9 Å². The molecule has 2 bridgehead atoms. The number of carbonyl (C=O) groups is 1. The van der Waals surface area contributed by atoms with Crippen LogP contribution in [0.2, 0.25) is 0 Å². The van der Waals surface area contributed by atoms with Crippen molar-refractivity contribution in [2.75, 3.05) is 13.7 Å². The van der Waals surface area contributed by atoms with Gasteiger partial charge in [0.25, 0.3) is 5.56 Å². The summed E-state index contributed by atoms with van der Waals surface area (Å²) in [5, 5.41) is 13.3. The van der Waals surface area contributed by atoms with Crippen LogP contribution in [0.15, 0.2) is 47.3 Å². The van der Waals surface area contributed by atoms with E-state index in [0.717, 1.165) is 30.5 Å². The summed E-state index contributed by atoms with van der Waals surface area (Å²) < 4.78 is 1.82. The molecule has 3 aliphatic rings. The number of nitrogens with zero attached hydrogens (tertiary/aromatic N) is 2. The van der Waals surface area contributed by atoms with Crippen LogP contribution in [0.3, 0.4) is 0 Å². The summed E-state index contributed by atoms with van der Waals surface area (Å²) in [5.74, 6) is -0.519. The molecule has 1 aromatic carbocycles. The standard InChI is InChI=1S/C25H29N3O3/c1-27-21-14-28-20(13-12-17(25(28)31)11-10-16-6-3-2-4-7-16)23(27)22(19(21)15-29)24(30)26-18-8-5-9-18/h2-4,6-7,10-13,18-19,21-23,29H,5,8-9,14-15H2,1H3,(H,26,30)/b11-10+/t19-,21-,22+,23+/m0/s1. The highest BCUT2D eigenvalue weighted by Gasteiger charge is 2.54. The lowest BCUT2D eigenvalue weighted by Gasteiger charge is -2.35. The Bertz CT molecular complexity index is 1060. The minimum atomic E-state index is -0.348. The second kappa shape index (κ2) is 8.09. The zero-order chi connectivity index (χ0) is 21.5. The van der Waals surface area contributed by atoms with Gasteiger partial charge < -0.3 is 15.0 Å². The molecule has 162 valence electrons. The summed E-state index contributed by atoms with van der Waals surface area (Å²) >= 11 is 0. The van der Waals surface area contributed by atoms with Gasteiger partial charge in [-0.1, -0.05) is 36.4 Å². The van der Waals surface area contributed by atoms with Crippen LogP contribution in [0.1, 0.15) is 42.1 Å². The number of rotatable bonds is 5. The number of benzene rings is 1. The Morgan fingerprint density at radius 2 is 1.94 bits per heavy atom. The number of fused-ring (bicyclic) bond motifs is 4. The number of hydrogen-bond donors (Lipinski definition) is 2. The summed E-state index contributed by atoms with van der Waals surface area (Å²) in [7, 11) is 2.01. The highest BCUT2D eigenvalue weighted by Crippen LogP contribution is 2.47. The van der Waals surface area contributed by atoms with E-state index in [1.807, 2.05) is 66.2 Å². The molecule has 1 aromatic heterocycles. The quantitative estimate of drug-likeness (QED) is 0.780. The van der Waals surface area contributed by atoms with E-state index in [1.54, 1.807) is 0 Å². The number of aromatic nitrogens is 1. The van der Waals surface area contributed by atoms with Crippen LogP contribution in [0.5, 0.6) is 0 Å². The van der Waals surface area contributed by atoms with Crippen molar-refractivity contribution in [1.82, 2.24) is 14.8 Å². The van der Waals surface area contributed by atoms with Gasteiger partial charge in [0.1, 0.15) is 0 Å². The van der Waals surface area contributed by atoms with Gasteiger partial charge in [-0.3, -0.25) is 14.5 Å². The van der Waals surface area contributed by atoms with Crippen molar-refractivity contribution in [3.05, 3.63) is 69.6 Å². The summed E-state index contributed by atoms with van der Waals surface area (Å²) in [6, 6.07) is 13.8. The Hall–Kier alpha value is -2.70. The van der Waals surface area contributed by atoms with Gasteiger partial charge in [-0.2, -0.15) is 0 Å². The molecule has 4 atom stereocenters. The largest absolute Gasteiger partial charge is 0.396 e. The van der Waals surface area contributed by atoms with Crippen LogP contribution in [0.25, 0.3) is 12.2 Å². The average Bonchev–Trinajstić information content (AvgIpc) is 2.93. The lowest BCUT2D eigenvalue weighted by molar-refractivity contribution is -0.128. The van der Waals surface area contributed by atoms with E-state index in [-0.39, 0.29) is 48.0 Å². The zero-order valence-corrected chi connectivity index (χ0v) is 17.8. The first-order valence-corrected chi connectivity index (χ1v) is 11.2. The summed E-state index contributed by atoms with van der Waals surface area (Å²) in [6.45, 7) is 0.435. The molecule has 6 nitrogen and oxygen atoms in total. The maximum atomic E-state index is 13.3. The molecule has 2 fully saturated rings. The number of amides is 1. The molecule has 1 amide bonds. The number of pyridine rings is 1. The monoisotopic (exact) mass is 419 g/mol. The average molecular weight is 420 g/mol. The second-order valence-corrected chi connectivity index (χ2v) is 9.06. The Morgan fingerprint density at radius 3 is 2.61 bits per heavy atom. The molecule has 31 heavy (non-hydrogen) atoms. The number of likely N-dealkylation sites (N-methyl/N-ethyl adjacent to an activating group) is 1. The van der Waals surface area contributed by atoms with Crippen molar-refractivity contribution in [2.24, 2.45) is 11.8 Å². The van der Waals surface area contributed by atoms with Gasteiger partial charge in [0.2, 0.25) is 5.91 Å². The smallest absolute Gasteiger partial charge is 0.258 e. The van der Waals surface area contributed by atoms with Crippen molar-refractivity contribution in [3.63, 3.8) is 0 Å². The maximum absolute atomic E-state index is 13.3. The Kier molecular flexibility index (Phi) is 5.28. The van der Waals surface area contributed by atoms with Gasteiger partial charge >= 0.3 is 0 Å². The fraction of sp³-hybridized carbons (Fsp3) is 0.440. The van der Waals surface area contributed by atoms with Crippen LogP contribution in [-0.2, 0) is 11.3 Å². The Morgan fingerprint density at radius 1 is 1.16 bits per heavy atom. The van der Waals surface area contributed by atoms with Gasteiger partial charge in [-0.05, 0) is 50.1 Å². The van der Waals surface area contributed by atoms with E-state index in [0.29, 0.717) is 12.1 Å². The molecule has 1 aliphatic carbocycles. The third kappa shape index (κ3) is 3.44.